The first-order valence-corrected chi connectivity index (χ1v) is 11.8. The summed E-state index contributed by atoms with van der Waals surface area (Å²) in [6, 6.07) is 9.47. The maximum Gasteiger partial charge on any atom is 0.277 e. The van der Waals surface area contributed by atoms with Gasteiger partial charge in [-0.15, -0.1) is 0 Å². The van der Waals surface area contributed by atoms with E-state index in [1.165, 1.54) is 31.5 Å². The predicted molar refractivity (Wildman–Crippen MR) is 125 cm³/mol. The van der Waals surface area contributed by atoms with Gasteiger partial charge in [0.1, 0.15) is 0 Å². The topological polar surface area (TPSA) is 63.4 Å². The van der Waals surface area contributed by atoms with E-state index in [4.69, 9.17) is 0 Å². The van der Waals surface area contributed by atoms with Gasteiger partial charge in [-0.25, -0.2) is 9.98 Å². The van der Waals surface area contributed by atoms with Crippen LogP contribution in [0.5, 0.6) is 0 Å². The Morgan fingerprint density at radius 1 is 1.19 bits per heavy atom. The molecule has 0 bridgehead atoms. The minimum Gasteiger partial charge on any atom is -0.332 e. The molecule has 32 heavy (non-hydrogen) atoms. The number of rotatable bonds is 4. The van der Waals surface area contributed by atoms with Gasteiger partial charge in [0.2, 0.25) is 0 Å². The average Bonchev–Trinajstić information content (AvgIpc) is 3.26. The zero-order chi connectivity index (χ0) is 21.5. The van der Waals surface area contributed by atoms with E-state index in [2.05, 4.69) is 24.4 Å². The molecule has 3 heterocycles. The number of carbonyl (C=O) groups is 1. The van der Waals surface area contributed by atoms with E-state index in [1.54, 1.807) is 6.20 Å². The number of hydrogen-bond donors (Lipinski definition) is 0. The van der Waals surface area contributed by atoms with Crippen molar-refractivity contribution >= 4 is 23.0 Å². The second-order valence-corrected chi connectivity index (χ2v) is 9.87. The molecule has 1 amide bonds. The van der Waals surface area contributed by atoms with Gasteiger partial charge in [-0.1, -0.05) is 12.1 Å². The summed E-state index contributed by atoms with van der Waals surface area (Å²) in [5, 5.41) is 0.876. The fraction of sp³-hybridized carbons (Fsp3) is 0.462. The molecule has 2 aliphatic carbocycles. The summed E-state index contributed by atoms with van der Waals surface area (Å²) in [7, 11) is 0. The van der Waals surface area contributed by atoms with Gasteiger partial charge < -0.3 is 4.57 Å². The lowest BCUT2D eigenvalue weighted by atomic mass is 9.79. The largest absolute Gasteiger partial charge is 0.332 e. The molecule has 1 aromatic carbocycles. The number of nitrogens with zero attached hydrogens (tertiary/aromatic N) is 5. The fourth-order valence-electron chi connectivity index (χ4n) is 5.90. The summed E-state index contributed by atoms with van der Waals surface area (Å²) in [5.41, 5.74) is 3.38. The number of pyridine rings is 1. The van der Waals surface area contributed by atoms with E-state index in [-0.39, 0.29) is 5.91 Å². The Kier molecular flexibility index (Phi) is 4.90. The molecule has 1 aliphatic heterocycles. The number of aliphatic imine (C=N–C) groups is 1. The van der Waals surface area contributed by atoms with Crippen molar-refractivity contribution in [1.29, 1.82) is 0 Å². The third-order valence-electron chi connectivity index (χ3n) is 7.98. The molecule has 0 N–H and O–H groups in total. The summed E-state index contributed by atoms with van der Waals surface area (Å²) in [6.07, 6.45) is 13.9. The Balaban J connectivity index is 1.03. The van der Waals surface area contributed by atoms with Crippen LogP contribution < -0.4 is 0 Å². The maximum atomic E-state index is 12.7. The highest BCUT2D eigenvalue weighted by atomic mass is 16.1. The zero-order valence-corrected chi connectivity index (χ0v) is 18.4. The quantitative estimate of drug-likeness (QED) is 0.581. The Morgan fingerprint density at radius 2 is 2.09 bits per heavy atom. The number of amides is 1. The summed E-state index contributed by atoms with van der Waals surface area (Å²) >= 11 is 0. The van der Waals surface area contributed by atoms with Crippen molar-refractivity contribution in [3.8, 4) is 0 Å². The molecule has 2 saturated carbocycles. The van der Waals surface area contributed by atoms with Crippen LogP contribution in [0.2, 0.25) is 0 Å². The van der Waals surface area contributed by atoms with Crippen LogP contribution in [-0.2, 0) is 13.1 Å². The lowest BCUT2D eigenvalue weighted by molar-refractivity contribution is 0.100. The molecule has 0 unspecified atom stereocenters. The average molecular weight is 428 g/mol. The molecule has 2 fully saturated rings. The van der Waals surface area contributed by atoms with Crippen LogP contribution >= 0.6 is 0 Å². The molecule has 2 aromatic heterocycles. The number of carbonyl (C=O) groups excluding carboxylic acids is 1. The summed E-state index contributed by atoms with van der Waals surface area (Å²) in [4.78, 5) is 28.3. The van der Waals surface area contributed by atoms with Gasteiger partial charge in [-0.3, -0.25) is 14.7 Å². The Morgan fingerprint density at radius 3 is 3.00 bits per heavy atom. The zero-order valence-electron chi connectivity index (χ0n) is 18.4. The van der Waals surface area contributed by atoms with Crippen LogP contribution in [0.1, 0.15) is 48.2 Å². The first-order chi connectivity index (χ1) is 15.7. The van der Waals surface area contributed by atoms with E-state index in [1.807, 2.05) is 49.1 Å². The van der Waals surface area contributed by atoms with Crippen molar-refractivity contribution in [3.63, 3.8) is 0 Å². The summed E-state index contributed by atoms with van der Waals surface area (Å²) in [6.45, 7) is 4.45. The lowest BCUT2D eigenvalue weighted by Crippen LogP contribution is -2.35. The van der Waals surface area contributed by atoms with E-state index in [0.29, 0.717) is 16.9 Å². The van der Waals surface area contributed by atoms with E-state index in [0.717, 1.165) is 49.3 Å². The van der Waals surface area contributed by atoms with Crippen LogP contribution in [-0.4, -0.2) is 44.6 Å². The van der Waals surface area contributed by atoms with Crippen molar-refractivity contribution in [1.82, 2.24) is 19.4 Å². The second kappa shape index (κ2) is 7.93. The Hall–Kier alpha value is -2.86. The van der Waals surface area contributed by atoms with Crippen LogP contribution in [0.15, 0.2) is 54.0 Å². The minimum atomic E-state index is -0.155. The van der Waals surface area contributed by atoms with E-state index >= 15 is 0 Å². The number of imidazole rings is 1. The van der Waals surface area contributed by atoms with Crippen LogP contribution in [0, 0.1) is 17.3 Å². The van der Waals surface area contributed by atoms with Crippen LogP contribution in [0.3, 0.4) is 0 Å². The van der Waals surface area contributed by atoms with Gasteiger partial charge in [-0.05, 0) is 67.6 Å². The van der Waals surface area contributed by atoms with Crippen molar-refractivity contribution in [2.75, 3.05) is 13.1 Å². The number of hydrogen-bond acceptors (Lipinski definition) is 4. The van der Waals surface area contributed by atoms with Crippen molar-refractivity contribution in [2.45, 2.75) is 45.2 Å². The molecule has 3 aliphatic rings. The number of aromatic nitrogens is 3. The minimum absolute atomic E-state index is 0.155. The van der Waals surface area contributed by atoms with Crippen molar-refractivity contribution in [2.24, 2.45) is 22.2 Å². The van der Waals surface area contributed by atoms with Gasteiger partial charge in [0.15, 0.2) is 0 Å². The molecule has 3 aromatic rings. The Labute approximate surface area is 188 Å². The highest BCUT2D eigenvalue weighted by molar-refractivity contribution is 6.08. The van der Waals surface area contributed by atoms with Gasteiger partial charge >= 0.3 is 0 Å². The molecule has 6 nitrogen and oxygen atoms in total. The molecule has 0 radical (unpaired) electrons. The highest BCUT2D eigenvalue weighted by Crippen LogP contribution is 2.62. The monoisotopic (exact) mass is 427 g/mol. The predicted octanol–water partition coefficient (Wildman–Crippen LogP) is 4.35. The lowest BCUT2D eigenvalue weighted by Gasteiger charge is -2.31. The molecular weight excluding hydrogens is 398 g/mol. The molecule has 6 rings (SSSR count). The molecular formula is C26H29N5O. The molecule has 0 saturated heterocycles. The smallest absolute Gasteiger partial charge is 0.277 e. The maximum absolute atomic E-state index is 12.7. The second-order valence-electron chi connectivity index (χ2n) is 9.87. The van der Waals surface area contributed by atoms with Gasteiger partial charge in [0, 0.05) is 50.2 Å². The molecule has 164 valence electrons. The molecule has 1 spiro atoms. The number of benzene rings is 1. The van der Waals surface area contributed by atoms with Crippen LogP contribution in [0.25, 0.3) is 10.9 Å². The van der Waals surface area contributed by atoms with Gasteiger partial charge in [0.25, 0.3) is 5.91 Å². The first kappa shape index (κ1) is 19.8. The van der Waals surface area contributed by atoms with Crippen molar-refractivity contribution in [3.05, 3.63) is 60.3 Å². The first-order valence-electron chi connectivity index (χ1n) is 11.8. The molecule has 6 heteroatoms. The highest BCUT2D eigenvalue weighted by Gasteiger charge is 2.54. The Bertz CT molecular complexity index is 1170. The number of fused-ring (bicyclic) bond motifs is 2. The normalized spacial score (nSPS) is 27.8. The van der Waals surface area contributed by atoms with Gasteiger partial charge in [-0.2, -0.15) is 0 Å². The summed E-state index contributed by atoms with van der Waals surface area (Å²) in [5.74, 6) is 1.10. The summed E-state index contributed by atoms with van der Waals surface area (Å²) < 4.78 is 2.28. The third-order valence-corrected chi connectivity index (χ3v) is 7.98. The van der Waals surface area contributed by atoms with Gasteiger partial charge in [0.05, 0.1) is 23.1 Å². The fourth-order valence-corrected chi connectivity index (χ4v) is 5.90. The standard InChI is InChI=1S/C26H29N5O/c32-25(23-3-1-5-24-22(23)4-2-10-28-24)29-14-19-6-8-26(9-7-19)13-20(26)16-30-11-12-31-18-27-15-21(31)17-30/h1-5,10,14-15,18-20H,6-9,11-13,16-17H2/t19?,20-,26?/m0/s1. The third kappa shape index (κ3) is 3.66. The van der Waals surface area contributed by atoms with E-state index in [9.17, 15) is 4.79 Å². The van der Waals surface area contributed by atoms with E-state index < -0.39 is 0 Å². The molecule has 1 atom stereocenters. The SMILES string of the molecule is O=C(N=CC1CCC2(CC1)C[C@H]2CN1CCn2cncc2C1)c1cccc2ncccc12. The van der Waals surface area contributed by atoms with Crippen molar-refractivity contribution < 1.29 is 4.79 Å². The van der Waals surface area contributed by atoms with Crippen LogP contribution in [0.4, 0.5) is 0 Å².